The van der Waals surface area contributed by atoms with Crippen LogP contribution >= 0.6 is 11.3 Å². The lowest BCUT2D eigenvalue weighted by Crippen LogP contribution is -2.35. The second-order valence-corrected chi connectivity index (χ2v) is 4.14. The molecule has 1 heterocycles. The van der Waals surface area contributed by atoms with Crippen LogP contribution in [0.25, 0.3) is 0 Å². The summed E-state index contributed by atoms with van der Waals surface area (Å²) in [5.74, 6) is 0.164. The molecule has 0 radical (unpaired) electrons. The number of amides is 2. The Balaban J connectivity index is 2.29. The van der Waals surface area contributed by atoms with Gasteiger partial charge in [0.05, 0.1) is 10.9 Å². The summed E-state index contributed by atoms with van der Waals surface area (Å²) in [5, 5.41) is 4.50. The van der Waals surface area contributed by atoms with Crippen molar-refractivity contribution in [2.24, 2.45) is 5.73 Å². The number of fused-ring (bicyclic) bond motifs is 1. The maximum atomic E-state index is 11.4. The standard InChI is InChI=1S/C9H10N2O2S/c10-9(13)11-6-1-2-7(12)8-5(6)3-4-14-8/h3-4,6H,1-2H2,(H3,10,11,13)/i9+1,10+1,11+1. The molecule has 1 aromatic rings. The maximum absolute atomic E-state index is 11.4. The number of carbonyl (C=O) groups excluding carboxylic acids is 2. The maximum Gasteiger partial charge on any atom is 0.312 e. The fourth-order valence-corrected chi connectivity index (χ4v) is 2.62. The van der Waals surface area contributed by atoms with Gasteiger partial charge in [-0.05, 0) is 23.4 Å². The zero-order chi connectivity index (χ0) is 10.1. The van der Waals surface area contributed by atoms with Crippen LogP contribution in [-0.2, 0) is 0 Å². The van der Waals surface area contributed by atoms with E-state index in [0.717, 1.165) is 10.4 Å². The third-order valence-electron chi connectivity index (χ3n) is 2.30. The van der Waals surface area contributed by atoms with Crippen molar-refractivity contribution in [2.75, 3.05) is 0 Å². The number of hydrogen-bond donors (Lipinski definition) is 2. The van der Waals surface area contributed by atoms with E-state index in [0.29, 0.717) is 12.8 Å². The predicted octanol–water partition coefficient (Wildman–Crippen LogP) is 1.43. The van der Waals surface area contributed by atoms with Crippen molar-refractivity contribution in [1.29, 1.82) is 0 Å². The number of primary amides is 1. The summed E-state index contributed by atoms with van der Waals surface area (Å²) in [4.78, 5) is 22.9. The molecule has 0 spiro atoms. The molecular formula is C9H10N2O2S. The van der Waals surface area contributed by atoms with Crippen molar-refractivity contribution in [2.45, 2.75) is 18.9 Å². The van der Waals surface area contributed by atoms with Gasteiger partial charge in [-0.15, -0.1) is 11.3 Å². The molecule has 0 bridgehead atoms. The Morgan fingerprint density at radius 3 is 3.14 bits per heavy atom. The van der Waals surface area contributed by atoms with Gasteiger partial charge in [-0.3, -0.25) is 4.79 Å². The van der Waals surface area contributed by atoms with Crippen LogP contribution < -0.4 is 11.1 Å². The molecule has 5 heteroatoms. The van der Waals surface area contributed by atoms with E-state index in [1.165, 1.54) is 11.3 Å². The highest BCUT2D eigenvalue weighted by Gasteiger charge is 2.27. The van der Waals surface area contributed by atoms with Crippen LogP contribution in [0.5, 0.6) is 0 Å². The van der Waals surface area contributed by atoms with Gasteiger partial charge in [0.2, 0.25) is 0 Å². The molecule has 0 aromatic carbocycles. The van der Waals surface area contributed by atoms with Gasteiger partial charge in [0, 0.05) is 6.42 Å². The number of ketones is 1. The number of nitrogens with two attached hydrogens (primary N) is 1. The Labute approximate surface area is 85.1 Å². The molecule has 3 N–H and O–H groups in total. The van der Waals surface area contributed by atoms with Crippen LogP contribution in [0.3, 0.4) is 0 Å². The van der Waals surface area contributed by atoms with Gasteiger partial charge in [-0.25, -0.2) is 4.79 Å². The van der Waals surface area contributed by atoms with E-state index in [4.69, 9.17) is 5.73 Å². The smallest absolute Gasteiger partial charge is 0.312 e. The Morgan fingerprint density at radius 1 is 1.64 bits per heavy atom. The minimum absolute atomic E-state index is 0.0913. The first kappa shape index (κ1) is 9.21. The van der Waals surface area contributed by atoms with Crippen LogP contribution in [0.4, 0.5) is 4.79 Å². The van der Waals surface area contributed by atoms with E-state index >= 15 is 0 Å². The van der Waals surface area contributed by atoms with Gasteiger partial charge >= 0.3 is 6.03 Å². The Hall–Kier alpha value is -1.36. The van der Waals surface area contributed by atoms with Crippen molar-refractivity contribution in [3.63, 3.8) is 0 Å². The molecule has 1 aromatic heterocycles. The molecule has 2 amide bonds. The first-order valence-electron chi connectivity index (χ1n) is 4.35. The third-order valence-corrected chi connectivity index (χ3v) is 3.27. The fourth-order valence-electron chi connectivity index (χ4n) is 1.69. The quantitative estimate of drug-likeness (QED) is 0.547. The Bertz CT molecular complexity index is 386. The molecule has 0 aliphatic heterocycles. The van der Waals surface area contributed by atoms with Gasteiger partial charge in [0.1, 0.15) is 0 Å². The lowest BCUT2D eigenvalue weighted by atomic mass is 9.95. The molecule has 1 aliphatic rings. The number of nitrogens with one attached hydrogen (secondary N) is 1. The SMILES string of the molecule is [15NH2][13C](=O)[15NH]C1CCC(=O)c2sccc21. The molecular weight excluding hydrogens is 203 g/mol. The van der Waals surface area contributed by atoms with Crippen molar-refractivity contribution in [1.82, 2.24) is 5.32 Å². The minimum Gasteiger partial charge on any atom is -0.352 e. The van der Waals surface area contributed by atoms with Crippen LogP contribution in [-0.4, -0.2) is 11.8 Å². The topological polar surface area (TPSA) is 72.2 Å². The van der Waals surface area contributed by atoms with Crippen molar-refractivity contribution < 1.29 is 9.59 Å². The highest BCUT2D eigenvalue weighted by atomic mass is 32.1. The number of urea groups is 1. The van der Waals surface area contributed by atoms with Gasteiger partial charge in [-0.2, -0.15) is 0 Å². The second-order valence-electron chi connectivity index (χ2n) is 3.23. The number of thiophene rings is 1. The molecule has 0 fully saturated rings. The van der Waals surface area contributed by atoms with Crippen LogP contribution in [0.1, 0.15) is 34.1 Å². The predicted molar refractivity (Wildman–Crippen MR) is 53.3 cm³/mol. The molecule has 14 heavy (non-hydrogen) atoms. The first-order valence-corrected chi connectivity index (χ1v) is 5.23. The molecule has 0 saturated heterocycles. The summed E-state index contributed by atoms with van der Waals surface area (Å²) in [7, 11) is 0. The number of rotatable bonds is 1. The summed E-state index contributed by atoms with van der Waals surface area (Å²) in [5.41, 5.74) is 5.96. The van der Waals surface area contributed by atoms with E-state index in [2.05, 4.69) is 5.32 Å². The lowest BCUT2D eigenvalue weighted by molar-refractivity contribution is 0.0969. The van der Waals surface area contributed by atoms with Crippen LogP contribution in [0.2, 0.25) is 0 Å². The average Bonchev–Trinajstić information content (AvgIpc) is 2.58. The summed E-state index contributed by atoms with van der Waals surface area (Å²) in [6.07, 6.45) is 1.13. The highest BCUT2D eigenvalue weighted by Crippen LogP contribution is 2.32. The van der Waals surface area contributed by atoms with Crippen molar-refractivity contribution >= 4 is 23.2 Å². The Kier molecular flexibility index (Phi) is 2.25. The van der Waals surface area contributed by atoms with Gasteiger partial charge < -0.3 is 11.1 Å². The molecule has 1 atom stereocenters. The summed E-state index contributed by atoms with van der Waals surface area (Å²) in [6, 6.07) is 1.24. The van der Waals surface area contributed by atoms with Crippen LogP contribution in [0, 0.1) is 0 Å². The first-order chi connectivity index (χ1) is 6.68. The van der Waals surface area contributed by atoms with E-state index in [1.807, 2.05) is 11.4 Å². The summed E-state index contributed by atoms with van der Waals surface area (Å²) >= 11 is 1.42. The number of hydrogen-bond acceptors (Lipinski definition) is 3. The fraction of sp³-hybridized carbons (Fsp3) is 0.333. The summed E-state index contributed by atoms with van der Waals surface area (Å²) in [6.45, 7) is 0. The van der Waals surface area contributed by atoms with E-state index in [1.54, 1.807) is 0 Å². The van der Waals surface area contributed by atoms with Gasteiger partial charge in [-0.1, -0.05) is 0 Å². The third kappa shape index (κ3) is 1.50. The van der Waals surface area contributed by atoms with E-state index < -0.39 is 6.03 Å². The average molecular weight is 213 g/mol. The largest absolute Gasteiger partial charge is 0.352 e. The lowest BCUT2D eigenvalue weighted by Gasteiger charge is -2.21. The second kappa shape index (κ2) is 3.42. The highest BCUT2D eigenvalue weighted by molar-refractivity contribution is 7.12. The molecule has 2 rings (SSSR count). The molecule has 0 saturated carbocycles. The number of carbonyl (C=O) groups is 2. The molecule has 1 aliphatic carbocycles. The zero-order valence-corrected chi connectivity index (χ0v) is 8.26. The summed E-state index contributed by atoms with van der Waals surface area (Å²) < 4.78 is 0. The minimum atomic E-state index is -0.540. The monoisotopic (exact) mass is 213 g/mol. The van der Waals surface area contributed by atoms with Crippen molar-refractivity contribution in [3.8, 4) is 0 Å². The van der Waals surface area contributed by atoms with E-state index in [9.17, 15) is 9.59 Å². The van der Waals surface area contributed by atoms with Gasteiger partial charge in [0.15, 0.2) is 5.78 Å². The van der Waals surface area contributed by atoms with Crippen molar-refractivity contribution in [3.05, 3.63) is 21.9 Å². The normalized spacial score (nSPS) is 20.3. The number of Topliss-reactive ketones (excluding diaryl/α,β-unsaturated/α-hetero) is 1. The van der Waals surface area contributed by atoms with E-state index in [-0.39, 0.29) is 11.8 Å². The molecule has 1 unspecified atom stereocenters. The van der Waals surface area contributed by atoms with Gasteiger partial charge in [0.25, 0.3) is 0 Å². The molecule has 74 valence electrons. The molecule has 4 nitrogen and oxygen atoms in total. The Morgan fingerprint density at radius 2 is 2.43 bits per heavy atom. The van der Waals surface area contributed by atoms with Crippen LogP contribution in [0.15, 0.2) is 11.4 Å². The zero-order valence-electron chi connectivity index (χ0n) is 7.45.